The van der Waals surface area contributed by atoms with Crippen molar-refractivity contribution in [2.75, 3.05) is 0 Å². The molecule has 0 fully saturated rings. The maximum Gasteiger partial charge on any atom is 0.308 e. The number of hydrogen-bond donors (Lipinski definition) is 1. The Hall–Kier alpha value is -0.830. The van der Waals surface area contributed by atoms with Crippen LogP contribution in [-0.2, 0) is 9.53 Å². The van der Waals surface area contributed by atoms with Crippen molar-refractivity contribution in [3.8, 4) is 0 Å². The lowest BCUT2D eigenvalue weighted by Gasteiger charge is -2.25. The molecule has 0 aromatic heterocycles. The molecule has 3 heteroatoms. The first-order valence-electron chi connectivity index (χ1n) is 9.90. The van der Waals surface area contributed by atoms with Crippen molar-refractivity contribution in [3.63, 3.8) is 0 Å². The second-order valence-corrected chi connectivity index (χ2v) is 7.84. The predicted molar refractivity (Wildman–Crippen MR) is 102 cm³/mol. The van der Waals surface area contributed by atoms with E-state index < -0.39 is 11.7 Å². The van der Waals surface area contributed by atoms with Crippen LogP contribution < -0.4 is 0 Å². The van der Waals surface area contributed by atoms with Crippen molar-refractivity contribution in [1.82, 2.24) is 0 Å². The highest BCUT2D eigenvalue weighted by atomic mass is 16.6. The van der Waals surface area contributed by atoms with Crippen LogP contribution in [0.4, 0.5) is 0 Å². The summed E-state index contributed by atoms with van der Waals surface area (Å²) in [6.45, 7) is 7.80. The van der Waals surface area contributed by atoms with Gasteiger partial charge in [-0.2, -0.15) is 0 Å². The first-order valence-corrected chi connectivity index (χ1v) is 9.90. The second-order valence-electron chi connectivity index (χ2n) is 7.84. The fourth-order valence-corrected chi connectivity index (χ4v) is 2.35. The summed E-state index contributed by atoms with van der Waals surface area (Å²) < 4.78 is 5.03. The quantitative estimate of drug-likeness (QED) is 0.178. The fourth-order valence-electron chi connectivity index (χ4n) is 2.35. The first kappa shape index (κ1) is 23.2. The largest absolute Gasteiger partial charge is 0.435 e. The Bertz CT molecular complexity index is 328. The molecule has 1 N–H and O–H groups in total. The molecular weight excluding hydrogens is 300 g/mol. The molecule has 0 rings (SSSR count). The number of rotatable bonds is 14. The molecule has 1 atom stereocenters. The van der Waals surface area contributed by atoms with Crippen molar-refractivity contribution in [2.24, 2.45) is 5.41 Å². The lowest BCUT2D eigenvalue weighted by atomic mass is 9.96. The summed E-state index contributed by atoms with van der Waals surface area (Å²) in [5.41, 5.74) is -0.417. The topological polar surface area (TPSA) is 46.5 Å². The zero-order chi connectivity index (χ0) is 18.3. The van der Waals surface area contributed by atoms with E-state index in [2.05, 4.69) is 19.1 Å². The molecular formula is C21H40O3. The Morgan fingerprint density at radius 2 is 1.42 bits per heavy atom. The molecule has 0 aliphatic carbocycles. The van der Waals surface area contributed by atoms with Gasteiger partial charge in [-0.15, -0.1) is 0 Å². The van der Waals surface area contributed by atoms with Crippen molar-refractivity contribution >= 4 is 5.97 Å². The van der Waals surface area contributed by atoms with Crippen LogP contribution in [0.25, 0.3) is 0 Å². The van der Waals surface area contributed by atoms with E-state index in [1.54, 1.807) is 0 Å². The molecule has 0 aliphatic heterocycles. The van der Waals surface area contributed by atoms with Gasteiger partial charge in [-0.25, -0.2) is 0 Å². The molecule has 0 saturated heterocycles. The van der Waals surface area contributed by atoms with E-state index in [0.717, 1.165) is 12.8 Å². The van der Waals surface area contributed by atoms with Crippen molar-refractivity contribution in [3.05, 3.63) is 12.2 Å². The lowest BCUT2D eigenvalue weighted by molar-refractivity contribution is -0.186. The zero-order valence-corrected chi connectivity index (χ0v) is 16.5. The molecule has 0 aliphatic rings. The van der Waals surface area contributed by atoms with Gasteiger partial charge in [0.15, 0.2) is 0 Å². The molecule has 0 aromatic carbocycles. The van der Waals surface area contributed by atoms with Crippen LogP contribution in [-0.4, -0.2) is 17.4 Å². The number of aliphatic hydroxyl groups is 1. The van der Waals surface area contributed by atoms with Gasteiger partial charge < -0.3 is 9.84 Å². The molecule has 0 heterocycles. The maximum absolute atomic E-state index is 11.6. The van der Waals surface area contributed by atoms with Crippen LogP contribution in [0, 0.1) is 5.41 Å². The third kappa shape index (κ3) is 14.7. The Balaban J connectivity index is 3.39. The molecule has 0 radical (unpaired) electrons. The number of hydrogen-bond acceptors (Lipinski definition) is 3. The van der Waals surface area contributed by atoms with Crippen LogP contribution in [0.3, 0.4) is 0 Å². The first-order chi connectivity index (χ1) is 11.4. The van der Waals surface area contributed by atoms with E-state index in [1.165, 1.54) is 57.8 Å². The van der Waals surface area contributed by atoms with Gasteiger partial charge in [0.05, 0.1) is 0 Å². The minimum Gasteiger partial charge on any atom is -0.435 e. The Morgan fingerprint density at radius 1 is 0.917 bits per heavy atom. The van der Waals surface area contributed by atoms with Crippen molar-refractivity contribution in [2.45, 2.75) is 111 Å². The van der Waals surface area contributed by atoms with Crippen LogP contribution >= 0.6 is 0 Å². The highest BCUT2D eigenvalue weighted by molar-refractivity contribution is 5.69. The Labute approximate surface area is 149 Å². The van der Waals surface area contributed by atoms with Crippen molar-refractivity contribution < 1.29 is 14.6 Å². The normalized spacial score (nSPS) is 13.4. The van der Waals surface area contributed by atoms with E-state index in [0.29, 0.717) is 6.42 Å². The van der Waals surface area contributed by atoms with E-state index in [4.69, 9.17) is 4.74 Å². The molecule has 3 nitrogen and oxygen atoms in total. The third-order valence-electron chi connectivity index (χ3n) is 4.13. The van der Waals surface area contributed by atoms with E-state index in [-0.39, 0.29) is 5.97 Å². The van der Waals surface area contributed by atoms with Crippen LogP contribution in [0.5, 0.6) is 0 Å². The predicted octanol–water partition coefficient (Wildman–Crippen LogP) is 6.15. The Morgan fingerprint density at radius 3 is 1.96 bits per heavy atom. The highest BCUT2D eigenvalue weighted by Crippen LogP contribution is 2.20. The SMILES string of the molecule is CCCCCC/C=C\CCCCCCCC(=O)OC(O)C(C)(C)C. The number of aliphatic hydroxyl groups excluding tert-OH is 1. The summed E-state index contributed by atoms with van der Waals surface area (Å²) in [5, 5.41) is 9.71. The van der Waals surface area contributed by atoms with Gasteiger partial charge in [0, 0.05) is 11.8 Å². The summed E-state index contributed by atoms with van der Waals surface area (Å²) in [6, 6.07) is 0. The van der Waals surface area contributed by atoms with E-state index >= 15 is 0 Å². The van der Waals surface area contributed by atoms with Crippen molar-refractivity contribution in [1.29, 1.82) is 0 Å². The van der Waals surface area contributed by atoms with Gasteiger partial charge in [0.2, 0.25) is 6.29 Å². The zero-order valence-electron chi connectivity index (χ0n) is 16.5. The maximum atomic E-state index is 11.6. The number of unbranched alkanes of at least 4 members (excludes halogenated alkanes) is 9. The summed E-state index contributed by atoms with van der Waals surface area (Å²) in [5.74, 6) is -0.288. The van der Waals surface area contributed by atoms with E-state index in [1.807, 2.05) is 20.8 Å². The second kappa shape index (κ2) is 14.5. The highest BCUT2D eigenvalue weighted by Gasteiger charge is 2.25. The van der Waals surface area contributed by atoms with Crippen LogP contribution in [0.15, 0.2) is 12.2 Å². The average Bonchev–Trinajstić information content (AvgIpc) is 2.51. The third-order valence-corrected chi connectivity index (χ3v) is 4.13. The monoisotopic (exact) mass is 340 g/mol. The molecule has 24 heavy (non-hydrogen) atoms. The number of ether oxygens (including phenoxy) is 1. The molecule has 0 spiro atoms. The average molecular weight is 341 g/mol. The number of esters is 1. The number of allylic oxidation sites excluding steroid dienone is 2. The fraction of sp³-hybridized carbons (Fsp3) is 0.857. The summed E-state index contributed by atoms with van der Waals surface area (Å²) in [7, 11) is 0. The summed E-state index contributed by atoms with van der Waals surface area (Å²) >= 11 is 0. The molecule has 1 unspecified atom stereocenters. The summed E-state index contributed by atoms with van der Waals surface area (Å²) in [6.07, 6.45) is 17.3. The molecule has 0 saturated carbocycles. The molecule has 0 aromatic rings. The Kier molecular flexibility index (Phi) is 14.0. The van der Waals surface area contributed by atoms with Gasteiger partial charge in [-0.1, -0.05) is 78.4 Å². The summed E-state index contributed by atoms with van der Waals surface area (Å²) in [4.78, 5) is 11.6. The van der Waals surface area contributed by atoms with Gasteiger partial charge in [-0.05, 0) is 32.1 Å². The molecule has 0 bridgehead atoms. The van der Waals surface area contributed by atoms with Gasteiger partial charge in [0.1, 0.15) is 0 Å². The van der Waals surface area contributed by atoms with Gasteiger partial charge >= 0.3 is 5.97 Å². The number of carbonyl (C=O) groups excluding carboxylic acids is 1. The standard InChI is InChI=1S/C21H40O3/c1-5-6-7-8-9-10-11-12-13-14-15-16-17-18-19(22)24-20(23)21(2,3)4/h10-11,20,23H,5-9,12-18H2,1-4H3/b11-10-. The molecule has 142 valence electrons. The van der Waals surface area contributed by atoms with Gasteiger partial charge in [0.25, 0.3) is 0 Å². The van der Waals surface area contributed by atoms with Gasteiger partial charge in [-0.3, -0.25) is 4.79 Å². The minimum atomic E-state index is -1.02. The minimum absolute atomic E-state index is 0.288. The lowest BCUT2D eigenvalue weighted by Crippen LogP contribution is -2.31. The van der Waals surface area contributed by atoms with Crippen LogP contribution in [0.1, 0.15) is 105 Å². The number of carbonyl (C=O) groups is 1. The molecule has 0 amide bonds. The van der Waals surface area contributed by atoms with Crippen LogP contribution in [0.2, 0.25) is 0 Å². The smallest absolute Gasteiger partial charge is 0.308 e. The van der Waals surface area contributed by atoms with E-state index in [9.17, 15) is 9.90 Å².